The fourth-order valence-corrected chi connectivity index (χ4v) is 9.48. The number of hydrogen-bond acceptors (Lipinski definition) is 2. The van der Waals surface area contributed by atoms with E-state index in [1.54, 1.807) is 0 Å². The lowest BCUT2D eigenvalue weighted by Crippen LogP contribution is -2.35. The molecule has 254 valence electrons. The van der Waals surface area contributed by atoms with Gasteiger partial charge in [-0.2, -0.15) is 0 Å². The van der Waals surface area contributed by atoms with Crippen LogP contribution in [-0.2, 0) is 5.41 Å². The molecule has 3 heterocycles. The van der Waals surface area contributed by atoms with Crippen LogP contribution in [0.15, 0.2) is 200 Å². The highest BCUT2D eigenvalue weighted by molar-refractivity contribution is 6.03. The van der Waals surface area contributed by atoms with Crippen LogP contribution in [0.4, 0.5) is 0 Å². The van der Waals surface area contributed by atoms with Gasteiger partial charge < -0.3 is 4.57 Å². The molecule has 54 heavy (non-hydrogen) atoms. The maximum atomic E-state index is 5.07. The van der Waals surface area contributed by atoms with Crippen LogP contribution in [0.2, 0.25) is 0 Å². The van der Waals surface area contributed by atoms with E-state index < -0.39 is 0 Å². The molecule has 11 rings (SSSR count). The summed E-state index contributed by atoms with van der Waals surface area (Å²) in [6, 6.07) is 61.8. The van der Waals surface area contributed by atoms with Gasteiger partial charge in [-0.1, -0.05) is 164 Å². The molecule has 2 aliphatic carbocycles. The highest BCUT2D eigenvalue weighted by Crippen LogP contribution is 2.62. The third-order valence-electron chi connectivity index (χ3n) is 11.8. The van der Waals surface area contributed by atoms with E-state index in [-0.39, 0.29) is 17.3 Å². The number of fused-ring (bicyclic) bond motifs is 8. The van der Waals surface area contributed by atoms with Crippen LogP contribution in [0.25, 0.3) is 60.8 Å². The average molecular weight is 690 g/mol. The summed E-state index contributed by atoms with van der Waals surface area (Å²) >= 11 is 0. The van der Waals surface area contributed by atoms with E-state index in [0.29, 0.717) is 0 Å². The minimum Gasteiger partial charge on any atom is -0.313 e. The van der Waals surface area contributed by atoms with Crippen molar-refractivity contribution in [1.29, 1.82) is 0 Å². The molecule has 0 bridgehead atoms. The Balaban J connectivity index is 1.02. The highest BCUT2D eigenvalue weighted by atomic mass is 15.0. The quantitative estimate of drug-likeness (QED) is 0.168. The first kappa shape index (κ1) is 30.8. The summed E-state index contributed by atoms with van der Waals surface area (Å²) in [4.78, 5) is 9.72. The number of para-hydroxylation sites is 1. The minimum absolute atomic E-state index is 0.211. The number of aromatic nitrogens is 3. The Bertz CT molecular complexity index is 2880. The van der Waals surface area contributed by atoms with Crippen LogP contribution in [-0.4, -0.2) is 14.5 Å². The van der Waals surface area contributed by atoms with E-state index >= 15 is 0 Å². The van der Waals surface area contributed by atoms with Crippen molar-refractivity contribution in [2.24, 2.45) is 5.92 Å². The molecule has 9 aromatic rings. The van der Waals surface area contributed by atoms with Crippen LogP contribution in [0.3, 0.4) is 0 Å². The van der Waals surface area contributed by atoms with Gasteiger partial charge in [0.05, 0.1) is 27.7 Å². The summed E-state index contributed by atoms with van der Waals surface area (Å²) in [5.74, 6) is 0.445. The van der Waals surface area contributed by atoms with Crippen molar-refractivity contribution < 1.29 is 0 Å². The van der Waals surface area contributed by atoms with E-state index in [1.807, 2.05) is 12.3 Å². The fourth-order valence-electron chi connectivity index (χ4n) is 9.48. The van der Waals surface area contributed by atoms with Gasteiger partial charge >= 0.3 is 0 Å². The molecule has 0 N–H and O–H groups in total. The van der Waals surface area contributed by atoms with E-state index in [2.05, 4.69) is 198 Å². The Labute approximate surface area is 314 Å². The van der Waals surface area contributed by atoms with Gasteiger partial charge in [-0.15, -0.1) is 0 Å². The predicted octanol–water partition coefficient (Wildman–Crippen LogP) is 12.2. The molecule has 3 nitrogen and oxygen atoms in total. The molecule has 0 amide bonds. The molecule has 3 aromatic heterocycles. The number of allylic oxidation sites excluding steroid dienone is 4. The average Bonchev–Trinajstić information content (AvgIpc) is 3.75. The monoisotopic (exact) mass is 689 g/mol. The molecular weight excluding hydrogens is 655 g/mol. The minimum atomic E-state index is -0.347. The maximum Gasteiger partial charge on any atom is 0.0972 e. The highest BCUT2D eigenvalue weighted by Gasteiger charge is 2.55. The smallest absolute Gasteiger partial charge is 0.0972 e. The van der Waals surface area contributed by atoms with Gasteiger partial charge in [-0.25, -0.2) is 4.98 Å². The summed E-state index contributed by atoms with van der Waals surface area (Å²) in [7, 11) is 0. The fraction of sp³-hybridized carbons (Fsp3) is 0.0588. The number of benzene rings is 6. The number of hydrogen-bond donors (Lipinski definition) is 0. The zero-order valence-electron chi connectivity index (χ0n) is 29.5. The van der Waals surface area contributed by atoms with Crippen LogP contribution in [0.5, 0.6) is 0 Å². The lowest BCUT2D eigenvalue weighted by atomic mass is 9.62. The zero-order valence-corrected chi connectivity index (χ0v) is 29.5. The third-order valence-corrected chi connectivity index (χ3v) is 11.8. The Morgan fingerprint density at radius 2 is 1.11 bits per heavy atom. The van der Waals surface area contributed by atoms with E-state index in [9.17, 15) is 0 Å². The summed E-state index contributed by atoms with van der Waals surface area (Å²) < 4.78 is 2.54. The number of nitrogens with zero attached hydrogens (tertiary/aromatic N) is 3. The second-order valence-corrected chi connectivity index (χ2v) is 14.5. The largest absolute Gasteiger partial charge is 0.313 e. The number of pyridine rings is 2. The van der Waals surface area contributed by atoms with Gasteiger partial charge in [-0.3, -0.25) is 4.98 Å². The molecule has 2 unspecified atom stereocenters. The van der Waals surface area contributed by atoms with Crippen LogP contribution < -0.4 is 0 Å². The SMILES string of the molecule is C1=CC2c3c(c4ccccc4n3-c3ccc(-c4ccc(-c5ccc6ccc7cccnc7c6n5)cc4)cc3)C(c3ccccc3)(c3ccccc3)C2C=C1. The van der Waals surface area contributed by atoms with Gasteiger partial charge in [0.1, 0.15) is 0 Å². The second-order valence-electron chi connectivity index (χ2n) is 14.5. The normalized spacial score (nSPS) is 16.9. The Morgan fingerprint density at radius 3 is 1.85 bits per heavy atom. The first-order valence-electron chi connectivity index (χ1n) is 18.7. The molecular formula is C51H35N3. The maximum absolute atomic E-state index is 5.07. The molecule has 0 saturated carbocycles. The lowest BCUT2D eigenvalue weighted by Gasteiger charge is -2.39. The molecule has 2 atom stereocenters. The van der Waals surface area contributed by atoms with Crippen LogP contribution in [0.1, 0.15) is 28.3 Å². The molecule has 0 spiro atoms. The first-order chi connectivity index (χ1) is 26.8. The summed E-state index contributed by atoms with van der Waals surface area (Å²) in [6.45, 7) is 0. The van der Waals surface area contributed by atoms with Crippen molar-refractivity contribution in [2.75, 3.05) is 0 Å². The van der Waals surface area contributed by atoms with Crippen molar-refractivity contribution >= 4 is 32.7 Å². The standard InChI is InChI=1S/C51H35N3/c1-3-13-39(14-4-1)51(40-15-5-2-6-16-40)44-19-9-7-17-42(44)50-47(51)43-18-8-10-20-46(43)54(50)41-30-27-35(28-31-41)34-21-23-36(24-22-34)45-32-29-38-26-25-37-12-11-33-52-48(37)49(38)53-45/h1-33,42,44H. The Hall–Kier alpha value is -6.84. The zero-order chi connectivity index (χ0) is 35.6. The van der Waals surface area contributed by atoms with Crippen molar-refractivity contribution in [3.8, 4) is 28.1 Å². The first-order valence-corrected chi connectivity index (χ1v) is 18.7. The molecule has 6 aromatic carbocycles. The van der Waals surface area contributed by atoms with Crippen molar-refractivity contribution in [3.63, 3.8) is 0 Å². The van der Waals surface area contributed by atoms with Gasteiger partial charge in [0.15, 0.2) is 0 Å². The van der Waals surface area contributed by atoms with Crippen molar-refractivity contribution in [1.82, 2.24) is 14.5 Å². The van der Waals surface area contributed by atoms with Gasteiger partial charge in [0, 0.05) is 51.1 Å². The van der Waals surface area contributed by atoms with Gasteiger partial charge in [-0.05, 0) is 58.1 Å². The molecule has 0 radical (unpaired) electrons. The van der Waals surface area contributed by atoms with E-state index in [0.717, 1.165) is 33.1 Å². The molecule has 0 fully saturated rings. The Kier molecular flexibility index (Phi) is 6.90. The van der Waals surface area contributed by atoms with Crippen LogP contribution >= 0.6 is 0 Å². The third kappa shape index (κ3) is 4.48. The predicted molar refractivity (Wildman–Crippen MR) is 222 cm³/mol. The molecule has 0 saturated heterocycles. The van der Waals surface area contributed by atoms with Gasteiger partial charge in [0.25, 0.3) is 0 Å². The molecule has 3 heteroatoms. The van der Waals surface area contributed by atoms with E-state index in [1.165, 1.54) is 50.1 Å². The summed E-state index contributed by atoms with van der Waals surface area (Å²) in [5, 5.41) is 3.51. The van der Waals surface area contributed by atoms with Gasteiger partial charge in [0.2, 0.25) is 0 Å². The Morgan fingerprint density at radius 1 is 0.500 bits per heavy atom. The van der Waals surface area contributed by atoms with Crippen LogP contribution in [0, 0.1) is 5.92 Å². The van der Waals surface area contributed by atoms with Crippen molar-refractivity contribution in [2.45, 2.75) is 11.3 Å². The topological polar surface area (TPSA) is 30.7 Å². The number of rotatable bonds is 5. The molecule has 0 aliphatic heterocycles. The van der Waals surface area contributed by atoms with E-state index in [4.69, 9.17) is 4.98 Å². The van der Waals surface area contributed by atoms with Crippen molar-refractivity contribution in [3.05, 3.63) is 223 Å². The lowest BCUT2D eigenvalue weighted by molar-refractivity contribution is 0.455. The molecule has 2 aliphatic rings. The second kappa shape index (κ2) is 12.1. The summed E-state index contributed by atoms with van der Waals surface area (Å²) in [6.07, 6.45) is 11.2. The summed E-state index contributed by atoms with van der Waals surface area (Å²) in [5.41, 5.74) is 13.8.